The molecular formula is C23H17BrFN3O3. The number of hydrogen-bond donors (Lipinski definition) is 0. The highest BCUT2D eigenvalue weighted by Gasteiger charge is 2.15. The number of ether oxygens (including phenoxy) is 2. The number of hydrogen-bond acceptors (Lipinski definition) is 5. The van der Waals surface area contributed by atoms with Crippen LogP contribution in [-0.4, -0.2) is 30.1 Å². The fourth-order valence-corrected chi connectivity index (χ4v) is 3.45. The van der Waals surface area contributed by atoms with E-state index in [4.69, 9.17) is 9.47 Å². The topological polar surface area (TPSA) is 65.7 Å². The van der Waals surface area contributed by atoms with Crippen LogP contribution in [-0.2, 0) is 0 Å². The molecule has 0 saturated carbocycles. The normalized spacial score (nSPS) is 11.2. The second-order valence-corrected chi connectivity index (χ2v) is 7.53. The number of methoxy groups -OCH3 is 2. The first-order valence-electron chi connectivity index (χ1n) is 9.24. The van der Waals surface area contributed by atoms with Crippen molar-refractivity contribution in [1.82, 2.24) is 9.66 Å². The molecule has 0 amide bonds. The van der Waals surface area contributed by atoms with Gasteiger partial charge >= 0.3 is 0 Å². The standard InChI is InChI=1S/C23H17BrFN3O3/c1-30-18-9-15(10-19(12-18)31-2)22-27-21-7-6-16(24)11-20(21)23(29)28(22)26-13-14-4-3-5-17(25)8-14/h3-13H,1-2H3. The molecule has 0 aliphatic rings. The van der Waals surface area contributed by atoms with Crippen molar-refractivity contribution in [3.05, 3.63) is 86.9 Å². The maximum atomic E-state index is 13.6. The van der Waals surface area contributed by atoms with Gasteiger partial charge in [-0.15, -0.1) is 0 Å². The third-order valence-corrected chi connectivity index (χ3v) is 5.08. The number of halogens is 2. The smallest absolute Gasteiger partial charge is 0.282 e. The molecule has 3 aromatic carbocycles. The molecule has 0 aliphatic heterocycles. The van der Waals surface area contributed by atoms with Gasteiger partial charge in [0, 0.05) is 16.1 Å². The second kappa shape index (κ2) is 8.69. The number of fused-ring (bicyclic) bond motifs is 1. The molecule has 1 aromatic heterocycles. The van der Waals surface area contributed by atoms with E-state index >= 15 is 0 Å². The summed E-state index contributed by atoms with van der Waals surface area (Å²) in [5.74, 6) is 0.986. The Hall–Kier alpha value is -3.52. The largest absolute Gasteiger partial charge is 0.497 e. The summed E-state index contributed by atoms with van der Waals surface area (Å²) in [4.78, 5) is 18.0. The average Bonchev–Trinajstić information content (AvgIpc) is 2.78. The number of nitrogens with zero attached hydrogens (tertiary/aromatic N) is 3. The monoisotopic (exact) mass is 481 g/mol. The average molecular weight is 482 g/mol. The Bertz CT molecular complexity index is 1350. The highest BCUT2D eigenvalue weighted by atomic mass is 79.9. The fraction of sp³-hybridized carbons (Fsp3) is 0.0870. The lowest BCUT2D eigenvalue weighted by molar-refractivity contribution is 0.394. The van der Waals surface area contributed by atoms with Gasteiger partial charge in [-0.25, -0.2) is 9.37 Å². The quantitative estimate of drug-likeness (QED) is 0.381. The summed E-state index contributed by atoms with van der Waals surface area (Å²) in [6, 6.07) is 16.4. The molecule has 0 atom stereocenters. The molecule has 0 saturated heterocycles. The molecule has 6 nitrogen and oxygen atoms in total. The van der Waals surface area contributed by atoms with Gasteiger partial charge in [0.1, 0.15) is 17.3 Å². The molecule has 0 radical (unpaired) electrons. The van der Waals surface area contributed by atoms with Crippen molar-refractivity contribution in [3.8, 4) is 22.9 Å². The van der Waals surface area contributed by atoms with Gasteiger partial charge in [0.05, 0.1) is 31.3 Å². The first-order chi connectivity index (χ1) is 15.0. The number of aromatic nitrogens is 2. The zero-order valence-electron chi connectivity index (χ0n) is 16.7. The van der Waals surface area contributed by atoms with Gasteiger partial charge in [-0.1, -0.05) is 28.1 Å². The van der Waals surface area contributed by atoms with E-state index in [0.717, 1.165) is 4.47 Å². The van der Waals surface area contributed by atoms with E-state index in [2.05, 4.69) is 26.0 Å². The van der Waals surface area contributed by atoms with Crippen LogP contribution in [0, 0.1) is 5.82 Å². The molecule has 0 spiro atoms. The Morgan fingerprint density at radius 3 is 2.45 bits per heavy atom. The fourth-order valence-electron chi connectivity index (χ4n) is 3.09. The number of rotatable bonds is 5. The van der Waals surface area contributed by atoms with Crippen molar-refractivity contribution in [2.24, 2.45) is 5.10 Å². The first-order valence-corrected chi connectivity index (χ1v) is 10.0. The van der Waals surface area contributed by atoms with E-state index in [1.807, 2.05) is 6.07 Å². The molecule has 0 bridgehead atoms. The minimum Gasteiger partial charge on any atom is -0.497 e. The maximum absolute atomic E-state index is 13.6. The van der Waals surface area contributed by atoms with Crippen LogP contribution in [0.1, 0.15) is 5.56 Å². The molecule has 4 aromatic rings. The Balaban J connectivity index is 1.98. The van der Waals surface area contributed by atoms with Gasteiger partial charge < -0.3 is 9.47 Å². The lowest BCUT2D eigenvalue weighted by Crippen LogP contribution is -2.20. The SMILES string of the molecule is COc1cc(OC)cc(-c2nc3ccc(Br)cc3c(=O)n2N=Cc2cccc(F)c2)c1. The van der Waals surface area contributed by atoms with Crippen LogP contribution in [0.15, 0.2) is 75.0 Å². The lowest BCUT2D eigenvalue weighted by Gasteiger charge is -2.12. The minimum atomic E-state index is -0.394. The molecule has 156 valence electrons. The minimum absolute atomic E-state index is 0.296. The van der Waals surface area contributed by atoms with Crippen molar-refractivity contribution in [1.29, 1.82) is 0 Å². The molecule has 8 heteroatoms. The molecule has 0 N–H and O–H groups in total. The Morgan fingerprint density at radius 1 is 1.03 bits per heavy atom. The zero-order chi connectivity index (χ0) is 22.0. The Kier molecular flexibility index (Phi) is 5.81. The molecule has 31 heavy (non-hydrogen) atoms. The summed E-state index contributed by atoms with van der Waals surface area (Å²) in [5.41, 5.74) is 1.24. The van der Waals surface area contributed by atoms with E-state index < -0.39 is 5.82 Å². The molecule has 4 rings (SSSR count). The van der Waals surface area contributed by atoms with E-state index in [9.17, 15) is 9.18 Å². The van der Waals surface area contributed by atoms with E-state index in [-0.39, 0.29) is 5.56 Å². The van der Waals surface area contributed by atoms with Gasteiger partial charge in [0.15, 0.2) is 5.82 Å². The summed E-state index contributed by atoms with van der Waals surface area (Å²) in [6.45, 7) is 0. The molecule has 0 aliphatic carbocycles. The van der Waals surface area contributed by atoms with Crippen molar-refractivity contribution >= 4 is 33.0 Å². The summed E-state index contributed by atoms with van der Waals surface area (Å²) in [6.07, 6.45) is 1.41. The third kappa shape index (κ3) is 4.34. The molecular weight excluding hydrogens is 465 g/mol. The van der Waals surface area contributed by atoms with Crippen LogP contribution in [0.5, 0.6) is 11.5 Å². The van der Waals surface area contributed by atoms with Crippen LogP contribution in [0.2, 0.25) is 0 Å². The first kappa shape index (κ1) is 20.7. The maximum Gasteiger partial charge on any atom is 0.282 e. The summed E-state index contributed by atoms with van der Waals surface area (Å²) >= 11 is 3.39. The molecule has 0 fully saturated rings. The van der Waals surface area contributed by atoms with Crippen LogP contribution in [0.3, 0.4) is 0 Å². The van der Waals surface area contributed by atoms with Gasteiger partial charge in [0.25, 0.3) is 5.56 Å². The Morgan fingerprint density at radius 2 is 1.77 bits per heavy atom. The van der Waals surface area contributed by atoms with Crippen LogP contribution in [0.4, 0.5) is 4.39 Å². The molecule has 1 heterocycles. The highest BCUT2D eigenvalue weighted by Crippen LogP contribution is 2.29. The predicted octanol–water partition coefficient (Wildman–Crippen LogP) is 4.86. The summed E-state index contributed by atoms with van der Waals surface area (Å²) in [7, 11) is 3.08. The van der Waals surface area contributed by atoms with E-state index in [0.29, 0.717) is 39.4 Å². The lowest BCUT2D eigenvalue weighted by atomic mass is 10.1. The van der Waals surface area contributed by atoms with Crippen LogP contribution < -0.4 is 15.0 Å². The van der Waals surface area contributed by atoms with Crippen LogP contribution >= 0.6 is 15.9 Å². The zero-order valence-corrected chi connectivity index (χ0v) is 18.3. The predicted molar refractivity (Wildman–Crippen MR) is 122 cm³/mol. The highest BCUT2D eigenvalue weighted by molar-refractivity contribution is 9.10. The van der Waals surface area contributed by atoms with Crippen LogP contribution in [0.25, 0.3) is 22.3 Å². The van der Waals surface area contributed by atoms with Crippen molar-refractivity contribution < 1.29 is 13.9 Å². The summed E-state index contributed by atoms with van der Waals surface area (Å²) in [5, 5.41) is 4.73. The molecule has 0 unspecified atom stereocenters. The van der Waals surface area contributed by atoms with Gasteiger partial charge in [0.2, 0.25) is 0 Å². The summed E-state index contributed by atoms with van der Waals surface area (Å²) < 4.78 is 26.2. The van der Waals surface area contributed by atoms with Crippen molar-refractivity contribution in [2.45, 2.75) is 0 Å². The van der Waals surface area contributed by atoms with Gasteiger partial charge in [-0.05, 0) is 48.0 Å². The number of benzene rings is 3. The van der Waals surface area contributed by atoms with Gasteiger partial charge in [-0.3, -0.25) is 4.79 Å². The van der Waals surface area contributed by atoms with E-state index in [1.165, 1.54) is 23.0 Å². The second-order valence-electron chi connectivity index (χ2n) is 6.61. The third-order valence-electron chi connectivity index (χ3n) is 4.59. The Labute approximate surface area is 185 Å². The van der Waals surface area contributed by atoms with E-state index in [1.54, 1.807) is 56.7 Å². The van der Waals surface area contributed by atoms with Gasteiger partial charge in [-0.2, -0.15) is 9.78 Å². The van der Waals surface area contributed by atoms with Crippen molar-refractivity contribution in [3.63, 3.8) is 0 Å². The van der Waals surface area contributed by atoms with Crippen molar-refractivity contribution in [2.75, 3.05) is 14.2 Å².